The third kappa shape index (κ3) is 61.5. The Balaban J connectivity index is 4.49. The molecule has 0 saturated heterocycles. The lowest BCUT2D eigenvalue weighted by molar-refractivity contribution is -0.167. The molecule has 0 spiro atoms. The van der Waals surface area contributed by atoms with Crippen molar-refractivity contribution in [2.75, 3.05) is 13.2 Å². The lowest BCUT2D eigenvalue weighted by Gasteiger charge is -2.18. The zero-order valence-electron chi connectivity index (χ0n) is 49.1. The monoisotopic (exact) mass is 1060 g/mol. The average molecular weight is 1060 g/mol. The van der Waals surface area contributed by atoms with Crippen LogP contribution in [0.5, 0.6) is 0 Å². The minimum absolute atomic E-state index is 0.122. The molecule has 6 nitrogen and oxygen atoms in total. The predicted molar refractivity (Wildman–Crippen MR) is 334 cm³/mol. The number of allylic oxidation sites excluding steroid dienone is 28. The SMILES string of the molecule is CC/C=C\C/C=C\C/C=C\C/C=C\C/C=C\C/C=C\C/C=C\C/C=C\C/C=C\CCCC(=O)OCC(COC(=O)CCCCC/C=C\C/C=C\C/C=C\CC)OC(=O)CCCCCCCCC/C=C\C/C=C\CCCCC. The highest BCUT2D eigenvalue weighted by molar-refractivity contribution is 5.71. The fourth-order valence-electron chi connectivity index (χ4n) is 7.66. The van der Waals surface area contributed by atoms with Crippen molar-refractivity contribution >= 4 is 17.9 Å². The molecule has 430 valence electrons. The van der Waals surface area contributed by atoms with Gasteiger partial charge in [0, 0.05) is 19.3 Å². The maximum Gasteiger partial charge on any atom is 0.306 e. The van der Waals surface area contributed by atoms with Gasteiger partial charge in [-0.2, -0.15) is 0 Å². The number of ether oxygens (including phenoxy) is 3. The maximum atomic E-state index is 12.9. The molecule has 77 heavy (non-hydrogen) atoms. The van der Waals surface area contributed by atoms with Crippen molar-refractivity contribution in [3.05, 3.63) is 170 Å². The molecule has 0 aromatic carbocycles. The van der Waals surface area contributed by atoms with Gasteiger partial charge in [0.1, 0.15) is 13.2 Å². The summed E-state index contributed by atoms with van der Waals surface area (Å²) >= 11 is 0. The van der Waals surface area contributed by atoms with Gasteiger partial charge >= 0.3 is 17.9 Å². The molecule has 0 bridgehead atoms. The van der Waals surface area contributed by atoms with Crippen molar-refractivity contribution in [1.29, 1.82) is 0 Å². The summed E-state index contributed by atoms with van der Waals surface area (Å²) < 4.78 is 16.8. The molecular weight excluding hydrogens is 949 g/mol. The summed E-state index contributed by atoms with van der Waals surface area (Å²) in [5.41, 5.74) is 0. The summed E-state index contributed by atoms with van der Waals surface area (Å²) in [6, 6.07) is 0. The minimum atomic E-state index is -0.827. The Morgan fingerprint density at radius 3 is 0.857 bits per heavy atom. The number of esters is 3. The standard InChI is InChI=1S/C71H110O6/c1-4-7-10-13-16-19-22-25-27-29-30-31-32-33-34-35-36-37-38-39-40-42-43-46-49-52-55-58-61-64-70(73)76-67-68(66-75-69(72)63-60-57-54-51-48-45-24-21-18-15-12-9-6-3)77-71(74)65-62-59-56-53-50-47-44-41-28-26-23-20-17-14-11-8-5-2/h7,9-10,12,16-21,25-28,30-31,33-34,36-37,39-40,43,45-46,48,52,55,68H,4-6,8,11,13-15,22-24,29,32,35,38,41-42,44,47,49-51,53-54,56-67H2,1-3H3/b10-7-,12-9-,19-16-,20-17-,21-18-,27-25-,28-26-,31-30-,34-33-,37-36-,40-39-,46-43-,48-45-,55-52-. The Bertz CT molecular complexity index is 1790. The summed E-state index contributed by atoms with van der Waals surface area (Å²) in [7, 11) is 0. The van der Waals surface area contributed by atoms with Crippen molar-refractivity contribution in [3.8, 4) is 0 Å². The Morgan fingerprint density at radius 2 is 0.519 bits per heavy atom. The predicted octanol–water partition coefficient (Wildman–Crippen LogP) is 21.1. The van der Waals surface area contributed by atoms with Crippen LogP contribution < -0.4 is 0 Å². The first kappa shape index (κ1) is 71.8. The Morgan fingerprint density at radius 1 is 0.273 bits per heavy atom. The van der Waals surface area contributed by atoms with Gasteiger partial charge in [-0.05, 0) is 148 Å². The van der Waals surface area contributed by atoms with Gasteiger partial charge in [-0.3, -0.25) is 14.4 Å². The van der Waals surface area contributed by atoms with Crippen molar-refractivity contribution in [2.24, 2.45) is 0 Å². The fraction of sp³-hybridized carbons (Fsp3) is 0.563. The summed E-state index contributed by atoms with van der Waals surface area (Å²) in [6.07, 6.45) is 93.6. The van der Waals surface area contributed by atoms with Crippen LogP contribution >= 0.6 is 0 Å². The van der Waals surface area contributed by atoms with Crippen molar-refractivity contribution < 1.29 is 28.6 Å². The van der Waals surface area contributed by atoms with Crippen molar-refractivity contribution in [3.63, 3.8) is 0 Å². The van der Waals surface area contributed by atoms with Gasteiger partial charge < -0.3 is 14.2 Å². The van der Waals surface area contributed by atoms with E-state index in [9.17, 15) is 14.4 Å². The lowest BCUT2D eigenvalue weighted by atomic mass is 10.1. The normalized spacial score (nSPS) is 13.3. The van der Waals surface area contributed by atoms with E-state index in [1.54, 1.807) is 0 Å². The zero-order valence-corrected chi connectivity index (χ0v) is 49.1. The van der Waals surface area contributed by atoms with Crippen molar-refractivity contribution in [2.45, 2.75) is 245 Å². The van der Waals surface area contributed by atoms with Gasteiger partial charge in [0.15, 0.2) is 6.10 Å². The van der Waals surface area contributed by atoms with Crippen LogP contribution in [0.3, 0.4) is 0 Å². The Labute approximate surface area is 472 Å². The van der Waals surface area contributed by atoms with Gasteiger partial charge in [0.25, 0.3) is 0 Å². The van der Waals surface area contributed by atoms with Crippen molar-refractivity contribution in [1.82, 2.24) is 0 Å². The second-order valence-electron chi connectivity index (χ2n) is 19.5. The van der Waals surface area contributed by atoms with E-state index in [2.05, 4.69) is 191 Å². The Kier molecular flexibility index (Phi) is 59.0. The third-order valence-electron chi connectivity index (χ3n) is 12.2. The molecule has 1 unspecified atom stereocenters. The van der Waals surface area contributed by atoms with E-state index in [4.69, 9.17) is 14.2 Å². The molecule has 0 rings (SSSR count). The molecule has 0 aromatic rings. The molecule has 0 amide bonds. The summed E-state index contributed by atoms with van der Waals surface area (Å²) in [4.78, 5) is 38.2. The summed E-state index contributed by atoms with van der Waals surface area (Å²) in [5, 5.41) is 0. The van der Waals surface area contributed by atoms with Crippen LogP contribution in [-0.2, 0) is 28.6 Å². The molecule has 0 aromatic heterocycles. The highest BCUT2D eigenvalue weighted by Gasteiger charge is 2.19. The number of hydrogen-bond donors (Lipinski definition) is 0. The second kappa shape index (κ2) is 63.3. The van der Waals surface area contributed by atoms with Crippen LogP contribution in [0.2, 0.25) is 0 Å². The fourth-order valence-corrected chi connectivity index (χ4v) is 7.66. The van der Waals surface area contributed by atoms with E-state index in [0.717, 1.165) is 148 Å². The van der Waals surface area contributed by atoms with E-state index in [0.29, 0.717) is 19.3 Å². The number of carbonyl (C=O) groups is 3. The van der Waals surface area contributed by atoms with Crippen LogP contribution in [0.15, 0.2) is 170 Å². The number of unbranched alkanes of at least 4 members (excludes halogenated alkanes) is 14. The highest BCUT2D eigenvalue weighted by atomic mass is 16.6. The lowest BCUT2D eigenvalue weighted by Crippen LogP contribution is -2.30. The molecule has 0 aliphatic carbocycles. The van der Waals surface area contributed by atoms with Crippen LogP contribution in [0, 0.1) is 0 Å². The molecule has 6 heteroatoms. The number of rotatable bonds is 53. The molecular formula is C71H110O6. The quantitative estimate of drug-likeness (QED) is 0.0261. The van der Waals surface area contributed by atoms with E-state index in [1.807, 2.05) is 0 Å². The highest BCUT2D eigenvalue weighted by Crippen LogP contribution is 2.13. The zero-order chi connectivity index (χ0) is 55.7. The molecule has 0 N–H and O–H groups in total. The van der Waals surface area contributed by atoms with E-state index in [-0.39, 0.29) is 37.5 Å². The second-order valence-corrected chi connectivity index (χ2v) is 19.5. The van der Waals surface area contributed by atoms with Gasteiger partial charge in [-0.25, -0.2) is 0 Å². The molecule has 0 aliphatic rings. The van der Waals surface area contributed by atoms with Gasteiger partial charge in [0.05, 0.1) is 0 Å². The van der Waals surface area contributed by atoms with E-state index < -0.39 is 6.10 Å². The van der Waals surface area contributed by atoms with Gasteiger partial charge in [-0.15, -0.1) is 0 Å². The number of carbonyl (C=O) groups excluding carboxylic acids is 3. The van der Waals surface area contributed by atoms with Crippen LogP contribution in [0.4, 0.5) is 0 Å². The average Bonchev–Trinajstić information content (AvgIpc) is 3.43. The maximum absolute atomic E-state index is 12.9. The van der Waals surface area contributed by atoms with Gasteiger partial charge in [-0.1, -0.05) is 242 Å². The molecule has 0 fully saturated rings. The first-order chi connectivity index (χ1) is 38.0. The third-order valence-corrected chi connectivity index (χ3v) is 12.2. The minimum Gasteiger partial charge on any atom is -0.462 e. The van der Waals surface area contributed by atoms with Crippen LogP contribution in [-0.4, -0.2) is 37.2 Å². The van der Waals surface area contributed by atoms with Crippen LogP contribution in [0.1, 0.15) is 239 Å². The Hall–Kier alpha value is -5.23. The molecule has 0 saturated carbocycles. The number of hydrogen-bond acceptors (Lipinski definition) is 6. The topological polar surface area (TPSA) is 78.9 Å². The smallest absolute Gasteiger partial charge is 0.306 e. The largest absolute Gasteiger partial charge is 0.462 e. The first-order valence-electron chi connectivity index (χ1n) is 30.6. The molecule has 1 atom stereocenters. The van der Waals surface area contributed by atoms with E-state index in [1.165, 1.54) is 44.9 Å². The molecule has 0 radical (unpaired) electrons. The van der Waals surface area contributed by atoms with E-state index >= 15 is 0 Å². The van der Waals surface area contributed by atoms with Crippen LogP contribution in [0.25, 0.3) is 0 Å². The molecule has 0 heterocycles. The van der Waals surface area contributed by atoms with Gasteiger partial charge in [0.2, 0.25) is 0 Å². The summed E-state index contributed by atoms with van der Waals surface area (Å²) in [5.74, 6) is -1.03. The molecule has 0 aliphatic heterocycles. The first-order valence-corrected chi connectivity index (χ1v) is 30.6. The summed E-state index contributed by atoms with van der Waals surface area (Å²) in [6.45, 7) is 6.29.